The van der Waals surface area contributed by atoms with Crippen LogP contribution in [0.25, 0.3) is 26.2 Å². The van der Waals surface area contributed by atoms with Crippen LogP contribution < -0.4 is 0 Å². The average molecular weight is 379 g/mol. The third kappa shape index (κ3) is 2.56. The maximum absolute atomic E-state index is 13.3. The summed E-state index contributed by atoms with van der Waals surface area (Å²) in [6, 6.07) is 22.8. The Morgan fingerprint density at radius 1 is 0.840 bits per heavy atom. The highest BCUT2D eigenvalue weighted by Crippen LogP contribution is 2.47. The molecule has 2 atom stereocenters. The van der Waals surface area contributed by atoms with E-state index in [0.717, 1.165) is 10.5 Å². The standard InChI is InChI=1S/C21H14OS3/c22-25-18-11-5-10-17-21(18)20-15(23-17)8-4-9-16(20)24-19(25)13-12-14-6-2-1-3-7-14/h1-13,19H/b13-12+. The third-order valence-electron chi connectivity index (χ3n) is 4.36. The molecule has 122 valence electrons. The first-order valence-electron chi connectivity index (χ1n) is 8.06. The molecule has 0 radical (unpaired) electrons. The largest absolute Gasteiger partial charge is 0.253 e. The van der Waals surface area contributed by atoms with Gasteiger partial charge >= 0.3 is 0 Å². The maximum Gasteiger partial charge on any atom is 0.108 e. The van der Waals surface area contributed by atoms with Crippen molar-refractivity contribution >= 4 is 60.1 Å². The summed E-state index contributed by atoms with van der Waals surface area (Å²) in [4.78, 5) is 2.19. The van der Waals surface area contributed by atoms with E-state index in [1.54, 1.807) is 23.1 Å². The molecule has 1 aliphatic heterocycles. The van der Waals surface area contributed by atoms with Crippen molar-refractivity contribution in [1.82, 2.24) is 0 Å². The lowest BCUT2D eigenvalue weighted by Crippen LogP contribution is -2.07. The predicted molar refractivity (Wildman–Crippen MR) is 111 cm³/mol. The van der Waals surface area contributed by atoms with Gasteiger partial charge in [0.15, 0.2) is 0 Å². The molecule has 1 nitrogen and oxygen atoms in total. The summed E-state index contributed by atoms with van der Waals surface area (Å²) < 4.78 is 15.7. The minimum absolute atomic E-state index is 0.0891. The number of hydrogen-bond acceptors (Lipinski definition) is 3. The van der Waals surface area contributed by atoms with Crippen LogP contribution >= 0.6 is 23.1 Å². The molecule has 0 amide bonds. The van der Waals surface area contributed by atoms with Crippen LogP contribution in [0.1, 0.15) is 5.56 Å². The molecule has 2 unspecified atom stereocenters. The van der Waals surface area contributed by atoms with E-state index < -0.39 is 10.8 Å². The fraction of sp³-hybridized carbons (Fsp3) is 0.0476. The van der Waals surface area contributed by atoms with E-state index in [-0.39, 0.29) is 4.58 Å². The van der Waals surface area contributed by atoms with Crippen molar-refractivity contribution < 1.29 is 4.21 Å². The first kappa shape index (κ1) is 15.4. The highest BCUT2D eigenvalue weighted by atomic mass is 32.2. The number of thioether (sulfide) groups is 1. The number of hydrogen-bond donors (Lipinski definition) is 0. The minimum Gasteiger partial charge on any atom is -0.253 e. The number of benzene rings is 3. The van der Waals surface area contributed by atoms with Crippen molar-refractivity contribution in [3.8, 4) is 0 Å². The van der Waals surface area contributed by atoms with Crippen molar-refractivity contribution in [2.75, 3.05) is 0 Å². The molecule has 1 aromatic heterocycles. The van der Waals surface area contributed by atoms with E-state index in [4.69, 9.17) is 0 Å². The van der Waals surface area contributed by atoms with E-state index in [2.05, 4.69) is 48.6 Å². The lowest BCUT2D eigenvalue weighted by Gasteiger charge is -2.11. The molecule has 2 heterocycles. The van der Waals surface area contributed by atoms with Gasteiger partial charge in [0.25, 0.3) is 0 Å². The molecule has 5 rings (SSSR count). The van der Waals surface area contributed by atoms with Crippen LogP contribution in [-0.2, 0) is 10.8 Å². The zero-order valence-corrected chi connectivity index (χ0v) is 15.7. The minimum atomic E-state index is -1.08. The van der Waals surface area contributed by atoms with Crippen molar-refractivity contribution in [2.24, 2.45) is 0 Å². The molecular formula is C21H14OS3. The van der Waals surface area contributed by atoms with E-state index in [0.29, 0.717) is 0 Å². The normalized spacial score (nSPS) is 19.8. The molecule has 25 heavy (non-hydrogen) atoms. The predicted octanol–water partition coefficient (Wildman–Crippen LogP) is 6.31. The smallest absolute Gasteiger partial charge is 0.108 e. The van der Waals surface area contributed by atoms with E-state index >= 15 is 0 Å². The Morgan fingerprint density at radius 3 is 2.44 bits per heavy atom. The summed E-state index contributed by atoms with van der Waals surface area (Å²) >= 11 is 3.50. The number of thiophene rings is 1. The van der Waals surface area contributed by atoms with Crippen molar-refractivity contribution in [2.45, 2.75) is 14.4 Å². The van der Waals surface area contributed by atoms with Crippen LogP contribution in [0, 0.1) is 0 Å². The quantitative estimate of drug-likeness (QED) is 0.407. The topological polar surface area (TPSA) is 17.1 Å². The Hall–Kier alpha value is -1.88. The van der Waals surface area contributed by atoms with Crippen molar-refractivity contribution in [3.05, 3.63) is 78.4 Å². The summed E-state index contributed by atoms with van der Waals surface area (Å²) in [5.74, 6) is 0. The first-order chi connectivity index (χ1) is 12.3. The fourth-order valence-electron chi connectivity index (χ4n) is 3.23. The fourth-order valence-corrected chi connectivity index (χ4v) is 7.48. The van der Waals surface area contributed by atoms with Gasteiger partial charge in [-0.3, -0.25) is 4.21 Å². The van der Waals surface area contributed by atoms with Crippen LogP contribution in [0.15, 0.2) is 82.6 Å². The molecule has 4 heteroatoms. The van der Waals surface area contributed by atoms with Crippen LogP contribution in [0.4, 0.5) is 0 Å². The zero-order chi connectivity index (χ0) is 16.8. The molecular weight excluding hydrogens is 364 g/mol. The molecule has 0 saturated carbocycles. The second-order valence-corrected chi connectivity index (χ2v) is 10.0. The highest BCUT2D eigenvalue weighted by Gasteiger charge is 2.26. The Morgan fingerprint density at radius 2 is 1.60 bits per heavy atom. The summed E-state index contributed by atoms with van der Waals surface area (Å²) in [6.45, 7) is 0. The first-order valence-corrected chi connectivity index (χ1v) is 11.0. The molecule has 0 bridgehead atoms. The average Bonchev–Trinajstić information content (AvgIpc) is 2.99. The Kier molecular flexibility index (Phi) is 3.77. The monoisotopic (exact) mass is 378 g/mol. The maximum atomic E-state index is 13.3. The second-order valence-electron chi connectivity index (χ2n) is 5.91. The van der Waals surface area contributed by atoms with Gasteiger partial charge in [-0.15, -0.1) is 23.1 Å². The second kappa shape index (κ2) is 6.13. The Labute approximate surface area is 156 Å². The summed E-state index contributed by atoms with van der Waals surface area (Å²) in [5, 5.41) is 2.45. The summed E-state index contributed by atoms with van der Waals surface area (Å²) in [5.41, 5.74) is 1.13. The van der Waals surface area contributed by atoms with Crippen LogP contribution in [0.3, 0.4) is 0 Å². The molecule has 3 aromatic carbocycles. The van der Waals surface area contributed by atoms with Gasteiger partial charge in [0.05, 0.1) is 10.8 Å². The van der Waals surface area contributed by atoms with Crippen LogP contribution in [0.5, 0.6) is 0 Å². The lowest BCUT2D eigenvalue weighted by molar-refractivity contribution is 0.684. The lowest BCUT2D eigenvalue weighted by atomic mass is 10.1. The van der Waals surface area contributed by atoms with Gasteiger partial charge in [0, 0.05) is 30.0 Å². The van der Waals surface area contributed by atoms with Gasteiger partial charge in [-0.1, -0.05) is 54.6 Å². The van der Waals surface area contributed by atoms with Gasteiger partial charge in [0.1, 0.15) is 4.58 Å². The van der Waals surface area contributed by atoms with Gasteiger partial charge < -0.3 is 0 Å². The molecule has 4 aromatic rings. The summed E-state index contributed by atoms with van der Waals surface area (Å²) in [6.07, 6.45) is 4.16. The molecule has 0 saturated heterocycles. The summed E-state index contributed by atoms with van der Waals surface area (Å²) in [7, 11) is -1.08. The highest BCUT2D eigenvalue weighted by molar-refractivity contribution is 8.12. The Bertz CT molecular complexity index is 1140. The number of rotatable bonds is 2. The molecule has 0 N–H and O–H groups in total. The van der Waals surface area contributed by atoms with Gasteiger partial charge in [-0.2, -0.15) is 0 Å². The van der Waals surface area contributed by atoms with Crippen molar-refractivity contribution in [3.63, 3.8) is 0 Å². The Balaban J connectivity index is 1.68. The molecule has 0 spiro atoms. The molecule has 1 aliphatic rings. The molecule has 0 aliphatic carbocycles. The van der Waals surface area contributed by atoms with Crippen LogP contribution in [0.2, 0.25) is 0 Å². The van der Waals surface area contributed by atoms with Gasteiger partial charge in [-0.25, -0.2) is 0 Å². The van der Waals surface area contributed by atoms with Crippen molar-refractivity contribution in [1.29, 1.82) is 0 Å². The SMILES string of the molecule is O=S1c2cccc3sc4cccc(c4c23)SC1/C=C/c1ccccc1. The third-order valence-corrected chi connectivity index (χ3v) is 8.63. The van der Waals surface area contributed by atoms with E-state index in [1.165, 1.54) is 25.1 Å². The van der Waals surface area contributed by atoms with Gasteiger partial charge in [-0.05, 0) is 29.8 Å². The van der Waals surface area contributed by atoms with Gasteiger partial charge in [0.2, 0.25) is 0 Å². The van der Waals surface area contributed by atoms with E-state index in [1.807, 2.05) is 30.3 Å². The zero-order valence-electron chi connectivity index (χ0n) is 13.2. The van der Waals surface area contributed by atoms with Crippen LogP contribution in [-0.4, -0.2) is 8.79 Å². The molecule has 0 fully saturated rings. The van der Waals surface area contributed by atoms with E-state index in [9.17, 15) is 4.21 Å².